The van der Waals surface area contributed by atoms with Gasteiger partial charge in [-0.3, -0.25) is 4.79 Å². The molecule has 0 saturated carbocycles. The third-order valence-electron chi connectivity index (χ3n) is 3.16. The summed E-state index contributed by atoms with van der Waals surface area (Å²) >= 11 is 0. The standard InChI is InChI=1S/C15H22N2O4/c1-11(12-6-4-3-5-7-12)9-16-15(20)17-10-13(21-2)8-14(18)19/h3-7,11,13H,8-10H2,1-2H3,(H,18,19)(H2,16,17,20). The molecule has 116 valence electrons. The minimum absolute atomic E-state index is 0.142. The first-order chi connectivity index (χ1) is 10.0. The van der Waals surface area contributed by atoms with Crippen LogP contribution in [0.15, 0.2) is 30.3 Å². The Hall–Kier alpha value is -2.08. The predicted octanol–water partition coefficient (Wildman–Crippen LogP) is 1.58. The zero-order valence-electron chi connectivity index (χ0n) is 12.3. The Morgan fingerprint density at radius 2 is 1.81 bits per heavy atom. The van der Waals surface area contributed by atoms with Crippen molar-refractivity contribution in [3.63, 3.8) is 0 Å². The second-order valence-electron chi connectivity index (χ2n) is 4.86. The quantitative estimate of drug-likeness (QED) is 0.679. The number of carbonyl (C=O) groups is 2. The van der Waals surface area contributed by atoms with Crippen LogP contribution in [0.2, 0.25) is 0 Å². The summed E-state index contributed by atoms with van der Waals surface area (Å²) in [5, 5.41) is 14.0. The number of amides is 2. The molecule has 6 nitrogen and oxygen atoms in total. The lowest BCUT2D eigenvalue weighted by Crippen LogP contribution is -2.41. The van der Waals surface area contributed by atoms with Crippen LogP contribution in [0.5, 0.6) is 0 Å². The normalized spacial score (nSPS) is 13.2. The highest BCUT2D eigenvalue weighted by Gasteiger charge is 2.14. The van der Waals surface area contributed by atoms with Gasteiger partial charge in [-0.15, -0.1) is 0 Å². The largest absolute Gasteiger partial charge is 0.481 e. The molecule has 6 heteroatoms. The van der Waals surface area contributed by atoms with E-state index in [1.807, 2.05) is 37.3 Å². The summed E-state index contributed by atoms with van der Waals surface area (Å²) in [5.41, 5.74) is 1.15. The zero-order chi connectivity index (χ0) is 15.7. The number of hydrogen-bond donors (Lipinski definition) is 3. The van der Waals surface area contributed by atoms with Crippen LogP contribution in [0.3, 0.4) is 0 Å². The molecule has 0 fully saturated rings. The van der Waals surface area contributed by atoms with Crippen molar-refractivity contribution in [3.8, 4) is 0 Å². The number of ether oxygens (including phenoxy) is 1. The van der Waals surface area contributed by atoms with Gasteiger partial charge < -0.3 is 20.5 Å². The second-order valence-corrected chi connectivity index (χ2v) is 4.86. The molecular weight excluding hydrogens is 272 g/mol. The molecule has 0 radical (unpaired) electrons. The second kappa shape index (κ2) is 8.97. The van der Waals surface area contributed by atoms with Gasteiger partial charge in [0.1, 0.15) is 0 Å². The lowest BCUT2D eigenvalue weighted by molar-refractivity contribution is -0.139. The van der Waals surface area contributed by atoms with Crippen molar-refractivity contribution in [1.82, 2.24) is 10.6 Å². The summed E-state index contributed by atoms with van der Waals surface area (Å²) in [6.45, 7) is 2.69. The molecule has 0 aliphatic rings. The molecule has 1 aromatic carbocycles. The maximum atomic E-state index is 11.7. The fourth-order valence-corrected chi connectivity index (χ4v) is 1.85. The Morgan fingerprint density at radius 3 is 2.38 bits per heavy atom. The summed E-state index contributed by atoms with van der Waals surface area (Å²) in [6.07, 6.45) is -0.670. The lowest BCUT2D eigenvalue weighted by Gasteiger charge is -2.16. The van der Waals surface area contributed by atoms with E-state index >= 15 is 0 Å². The van der Waals surface area contributed by atoms with Crippen LogP contribution in [0.1, 0.15) is 24.8 Å². The topological polar surface area (TPSA) is 87.7 Å². The van der Waals surface area contributed by atoms with Gasteiger partial charge in [-0.25, -0.2) is 4.79 Å². The van der Waals surface area contributed by atoms with Crippen molar-refractivity contribution in [1.29, 1.82) is 0 Å². The number of carboxylic acid groups (broad SMARTS) is 1. The van der Waals surface area contributed by atoms with Crippen LogP contribution >= 0.6 is 0 Å². The number of carboxylic acids is 1. The first kappa shape index (κ1) is 17.0. The minimum atomic E-state index is -0.957. The number of methoxy groups -OCH3 is 1. The fourth-order valence-electron chi connectivity index (χ4n) is 1.85. The molecule has 21 heavy (non-hydrogen) atoms. The molecule has 2 atom stereocenters. The zero-order valence-corrected chi connectivity index (χ0v) is 12.3. The third-order valence-corrected chi connectivity index (χ3v) is 3.16. The SMILES string of the molecule is COC(CNC(=O)NCC(C)c1ccccc1)CC(=O)O. The van der Waals surface area contributed by atoms with Gasteiger partial charge >= 0.3 is 12.0 Å². The van der Waals surface area contributed by atoms with E-state index in [-0.39, 0.29) is 24.9 Å². The van der Waals surface area contributed by atoms with Gasteiger partial charge in [-0.05, 0) is 11.5 Å². The Morgan fingerprint density at radius 1 is 1.19 bits per heavy atom. The van der Waals surface area contributed by atoms with E-state index in [2.05, 4.69) is 10.6 Å². The molecule has 0 aliphatic heterocycles. The molecule has 0 bridgehead atoms. The fraction of sp³-hybridized carbons (Fsp3) is 0.467. The lowest BCUT2D eigenvalue weighted by atomic mass is 10.0. The Balaban J connectivity index is 2.29. The summed E-state index contributed by atoms with van der Waals surface area (Å²) < 4.78 is 4.98. The molecule has 3 N–H and O–H groups in total. The molecule has 0 spiro atoms. The number of benzene rings is 1. The van der Waals surface area contributed by atoms with Crippen molar-refractivity contribution < 1.29 is 19.4 Å². The minimum Gasteiger partial charge on any atom is -0.481 e. The van der Waals surface area contributed by atoms with Crippen LogP contribution in [0.25, 0.3) is 0 Å². The first-order valence-corrected chi connectivity index (χ1v) is 6.84. The van der Waals surface area contributed by atoms with Gasteiger partial charge in [-0.2, -0.15) is 0 Å². The van der Waals surface area contributed by atoms with Crippen molar-refractivity contribution in [3.05, 3.63) is 35.9 Å². The first-order valence-electron chi connectivity index (χ1n) is 6.84. The van der Waals surface area contributed by atoms with Crippen LogP contribution in [-0.4, -0.2) is 43.4 Å². The Kier molecular flexibility index (Phi) is 7.25. The van der Waals surface area contributed by atoms with Crippen LogP contribution in [0, 0.1) is 0 Å². The molecule has 2 amide bonds. The van der Waals surface area contributed by atoms with Gasteiger partial charge in [0.2, 0.25) is 0 Å². The molecule has 0 aromatic heterocycles. The third kappa shape index (κ3) is 6.76. The molecule has 0 heterocycles. The molecule has 1 rings (SSSR count). The van der Waals surface area contributed by atoms with Crippen molar-refractivity contribution in [2.24, 2.45) is 0 Å². The smallest absolute Gasteiger partial charge is 0.314 e. The van der Waals surface area contributed by atoms with Gasteiger partial charge in [0.15, 0.2) is 0 Å². The number of urea groups is 1. The van der Waals surface area contributed by atoms with Gasteiger partial charge in [0.25, 0.3) is 0 Å². The molecular formula is C15H22N2O4. The monoisotopic (exact) mass is 294 g/mol. The van der Waals surface area contributed by atoms with Gasteiger partial charge in [0.05, 0.1) is 12.5 Å². The number of carbonyl (C=O) groups excluding carboxylic acids is 1. The van der Waals surface area contributed by atoms with Crippen LogP contribution in [0.4, 0.5) is 4.79 Å². The molecule has 1 aromatic rings. The van der Waals surface area contributed by atoms with Crippen molar-refractivity contribution >= 4 is 12.0 Å². The molecule has 0 aliphatic carbocycles. The number of rotatable bonds is 8. The highest BCUT2D eigenvalue weighted by molar-refractivity contribution is 5.74. The Labute approximate surface area is 124 Å². The summed E-state index contributed by atoms with van der Waals surface area (Å²) in [5.74, 6) is -0.754. The maximum Gasteiger partial charge on any atom is 0.314 e. The highest BCUT2D eigenvalue weighted by Crippen LogP contribution is 2.12. The van der Waals surface area contributed by atoms with E-state index < -0.39 is 12.1 Å². The predicted molar refractivity (Wildman–Crippen MR) is 79.3 cm³/mol. The average molecular weight is 294 g/mol. The van der Waals surface area contributed by atoms with E-state index in [9.17, 15) is 9.59 Å². The summed E-state index contributed by atoms with van der Waals surface area (Å²) in [7, 11) is 1.42. The molecule has 2 unspecified atom stereocenters. The van der Waals surface area contributed by atoms with Crippen molar-refractivity contribution in [2.75, 3.05) is 20.2 Å². The van der Waals surface area contributed by atoms with Crippen LogP contribution in [-0.2, 0) is 9.53 Å². The van der Waals surface area contributed by atoms with E-state index in [0.717, 1.165) is 5.56 Å². The van der Waals surface area contributed by atoms with E-state index in [4.69, 9.17) is 9.84 Å². The highest BCUT2D eigenvalue weighted by atomic mass is 16.5. The van der Waals surface area contributed by atoms with Crippen LogP contribution < -0.4 is 10.6 Å². The number of aliphatic carboxylic acids is 1. The molecule has 0 saturated heterocycles. The number of nitrogens with one attached hydrogen (secondary N) is 2. The summed E-state index contributed by atoms with van der Waals surface area (Å²) in [4.78, 5) is 22.2. The van der Waals surface area contributed by atoms with Gasteiger partial charge in [0, 0.05) is 20.2 Å². The van der Waals surface area contributed by atoms with E-state index in [1.54, 1.807) is 0 Å². The average Bonchev–Trinajstić information content (AvgIpc) is 2.49. The van der Waals surface area contributed by atoms with Gasteiger partial charge in [-0.1, -0.05) is 37.3 Å². The van der Waals surface area contributed by atoms with E-state index in [0.29, 0.717) is 6.54 Å². The number of hydrogen-bond acceptors (Lipinski definition) is 3. The Bertz CT molecular complexity index is 450. The maximum absolute atomic E-state index is 11.7. The van der Waals surface area contributed by atoms with E-state index in [1.165, 1.54) is 7.11 Å². The van der Waals surface area contributed by atoms with Crippen molar-refractivity contribution in [2.45, 2.75) is 25.4 Å². The summed E-state index contributed by atoms with van der Waals surface area (Å²) in [6, 6.07) is 9.56.